The van der Waals surface area contributed by atoms with Crippen molar-refractivity contribution in [1.82, 2.24) is 4.90 Å². The van der Waals surface area contributed by atoms with Crippen LogP contribution in [0.1, 0.15) is 19.4 Å². The Morgan fingerprint density at radius 3 is 2.47 bits per heavy atom. The molecule has 0 aromatic heterocycles. The molecule has 1 aliphatic heterocycles. The van der Waals surface area contributed by atoms with Gasteiger partial charge in [0.05, 0.1) is 5.92 Å². The summed E-state index contributed by atoms with van der Waals surface area (Å²) in [6.07, 6.45) is 0.962. The van der Waals surface area contributed by atoms with Gasteiger partial charge in [-0.25, -0.2) is 0 Å². The first kappa shape index (κ1) is 10.2. The first-order valence-electron chi connectivity index (χ1n) is 5.54. The number of amides is 1. The van der Waals surface area contributed by atoms with Crippen LogP contribution in [0.25, 0.3) is 0 Å². The van der Waals surface area contributed by atoms with E-state index in [0.29, 0.717) is 11.9 Å². The van der Waals surface area contributed by atoms with Gasteiger partial charge in [0, 0.05) is 12.6 Å². The highest BCUT2D eigenvalue weighted by Crippen LogP contribution is 2.25. The quantitative estimate of drug-likeness (QED) is 0.689. The molecule has 0 N–H and O–H groups in total. The van der Waals surface area contributed by atoms with E-state index < -0.39 is 0 Å². The zero-order valence-electron chi connectivity index (χ0n) is 9.31. The summed E-state index contributed by atoms with van der Waals surface area (Å²) in [5.74, 6) is 0.527. The molecule has 80 valence electrons. The monoisotopic (exact) mass is 203 g/mol. The third-order valence-electron chi connectivity index (χ3n) is 3.37. The van der Waals surface area contributed by atoms with E-state index in [1.54, 1.807) is 0 Å². The van der Waals surface area contributed by atoms with Crippen LogP contribution in [-0.4, -0.2) is 23.4 Å². The van der Waals surface area contributed by atoms with Crippen molar-refractivity contribution in [2.75, 3.05) is 6.54 Å². The lowest BCUT2D eigenvalue weighted by atomic mass is 9.90. The fourth-order valence-corrected chi connectivity index (χ4v) is 2.06. The molecule has 1 aliphatic rings. The van der Waals surface area contributed by atoms with Crippen LogP contribution in [0, 0.1) is 5.92 Å². The Labute approximate surface area is 90.9 Å². The van der Waals surface area contributed by atoms with E-state index in [1.807, 2.05) is 30.0 Å². The fraction of sp³-hybridized carbons (Fsp3) is 0.462. The highest BCUT2D eigenvalue weighted by atomic mass is 16.2. The number of rotatable bonds is 3. The summed E-state index contributed by atoms with van der Waals surface area (Å²) < 4.78 is 0. The molecule has 1 aromatic carbocycles. The van der Waals surface area contributed by atoms with Crippen LogP contribution in [-0.2, 0) is 11.2 Å². The van der Waals surface area contributed by atoms with Crippen LogP contribution in [0.5, 0.6) is 0 Å². The van der Waals surface area contributed by atoms with Gasteiger partial charge in [0.25, 0.3) is 0 Å². The second-order valence-corrected chi connectivity index (χ2v) is 4.30. The van der Waals surface area contributed by atoms with Crippen LogP contribution >= 0.6 is 0 Å². The van der Waals surface area contributed by atoms with Crippen LogP contribution in [0.4, 0.5) is 0 Å². The molecule has 1 amide bonds. The first-order chi connectivity index (χ1) is 7.20. The number of nitrogens with zero attached hydrogens (tertiary/aromatic N) is 1. The van der Waals surface area contributed by atoms with Crippen molar-refractivity contribution in [2.45, 2.75) is 26.3 Å². The second-order valence-electron chi connectivity index (χ2n) is 4.30. The van der Waals surface area contributed by atoms with Gasteiger partial charge >= 0.3 is 0 Å². The molecule has 0 aliphatic carbocycles. The fourth-order valence-electron chi connectivity index (χ4n) is 2.06. The minimum Gasteiger partial charge on any atom is -0.339 e. The van der Waals surface area contributed by atoms with E-state index in [-0.39, 0.29) is 5.92 Å². The van der Waals surface area contributed by atoms with Gasteiger partial charge < -0.3 is 4.90 Å². The van der Waals surface area contributed by atoms with Gasteiger partial charge in [-0.15, -0.1) is 0 Å². The maximum absolute atomic E-state index is 11.5. The molecule has 0 bridgehead atoms. The van der Waals surface area contributed by atoms with Gasteiger partial charge in [-0.05, 0) is 18.9 Å². The van der Waals surface area contributed by atoms with E-state index in [2.05, 4.69) is 19.1 Å². The van der Waals surface area contributed by atoms with Crippen molar-refractivity contribution in [2.24, 2.45) is 5.92 Å². The lowest BCUT2D eigenvalue weighted by Gasteiger charge is -2.44. The number of carbonyl (C=O) groups is 1. The van der Waals surface area contributed by atoms with Crippen LogP contribution in [0.2, 0.25) is 0 Å². The molecular weight excluding hydrogens is 186 g/mol. The molecule has 0 saturated carbocycles. The molecule has 0 radical (unpaired) electrons. The van der Waals surface area contributed by atoms with Gasteiger partial charge in [-0.3, -0.25) is 4.79 Å². The normalized spacial score (nSPS) is 25.2. The van der Waals surface area contributed by atoms with E-state index in [0.717, 1.165) is 13.0 Å². The van der Waals surface area contributed by atoms with Crippen molar-refractivity contribution in [1.29, 1.82) is 0 Å². The van der Waals surface area contributed by atoms with Gasteiger partial charge in [0.2, 0.25) is 5.91 Å². The molecule has 0 unspecified atom stereocenters. The molecule has 1 aromatic rings. The van der Waals surface area contributed by atoms with Gasteiger partial charge in [0.1, 0.15) is 0 Å². The summed E-state index contributed by atoms with van der Waals surface area (Å²) in [6.45, 7) is 4.98. The highest BCUT2D eigenvalue weighted by Gasteiger charge is 2.39. The number of β-lactam (4-membered cyclic amide) rings is 1. The van der Waals surface area contributed by atoms with E-state index in [1.165, 1.54) is 5.56 Å². The molecule has 1 heterocycles. The number of benzene rings is 1. The minimum atomic E-state index is 0.223. The number of hydrogen-bond acceptors (Lipinski definition) is 1. The Bertz CT molecular complexity index is 347. The summed E-state index contributed by atoms with van der Waals surface area (Å²) in [4.78, 5) is 13.5. The van der Waals surface area contributed by atoms with Crippen LogP contribution in [0.15, 0.2) is 30.3 Å². The van der Waals surface area contributed by atoms with Gasteiger partial charge in [0.15, 0.2) is 0 Å². The summed E-state index contributed by atoms with van der Waals surface area (Å²) in [6, 6.07) is 10.7. The Hall–Kier alpha value is -1.31. The molecule has 1 fully saturated rings. The largest absolute Gasteiger partial charge is 0.339 e. The van der Waals surface area contributed by atoms with Gasteiger partial charge in [-0.2, -0.15) is 0 Å². The molecule has 15 heavy (non-hydrogen) atoms. The standard InChI is InChI=1S/C13H17NO/c1-10-11(2)14(13(10)15)9-8-12-6-4-3-5-7-12/h3-7,10-11H,8-9H2,1-2H3/t10-,11+/m1/s1. The van der Waals surface area contributed by atoms with Gasteiger partial charge in [-0.1, -0.05) is 37.3 Å². The number of likely N-dealkylation sites (tertiary alicyclic amines) is 1. The molecule has 2 heteroatoms. The molecular formula is C13H17NO. The van der Waals surface area contributed by atoms with Crippen molar-refractivity contribution >= 4 is 5.91 Å². The van der Waals surface area contributed by atoms with Crippen molar-refractivity contribution in [3.63, 3.8) is 0 Å². The maximum Gasteiger partial charge on any atom is 0.227 e. The van der Waals surface area contributed by atoms with E-state index in [9.17, 15) is 4.79 Å². The second kappa shape index (κ2) is 4.05. The lowest BCUT2D eigenvalue weighted by Crippen LogP contribution is -2.58. The molecule has 0 spiro atoms. The summed E-state index contributed by atoms with van der Waals surface area (Å²) in [5.41, 5.74) is 1.30. The zero-order valence-corrected chi connectivity index (χ0v) is 9.31. The number of hydrogen-bond donors (Lipinski definition) is 0. The number of carbonyl (C=O) groups excluding carboxylic acids is 1. The zero-order chi connectivity index (χ0) is 10.8. The van der Waals surface area contributed by atoms with Crippen molar-refractivity contribution < 1.29 is 4.79 Å². The predicted octanol–water partition coefficient (Wildman–Crippen LogP) is 2.10. The Kier molecular flexibility index (Phi) is 2.76. The summed E-state index contributed by atoms with van der Waals surface area (Å²) >= 11 is 0. The Morgan fingerprint density at radius 1 is 1.20 bits per heavy atom. The summed E-state index contributed by atoms with van der Waals surface area (Å²) in [5, 5.41) is 0. The van der Waals surface area contributed by atoms with Crippen LogP contribution in [0.3, 0.4) is 0 Å². The minimum absolute atomic E-state index is 0.223. The maximum atomic E-state index is 11.5. The third-order valence-corrected chi connectivity index (χ3v) is 3.37. The SMILES string of the molecule is C[C@H]1C(=O)N(CCc2ccccc2)[C@H]1C. The third kappa shape index (κ3) is 1.89. The topological polar surface area (TPSA) is 20.3 Å². The predicted molar refractivity (Wildman–Crippen MR) is 60.5 cm³/mol. The van der Waals surface area contributed by atoms with Crippen molar-refractivity contribution in [3.8, 4) is 0 Å². The molecule has 2 atom stereocenters. The smallest absolute Gasteiger partial charge is 0.227 e. The molecule has 2 nitrogen and oxygen atoms in total. The molecule has 1 saturated heterocycles. The first-order valence-corrected chi connectivity index (χ1v) is 5.54. The summed E-state index contributed by atoms with van der Waals surface area (Å²) in [7, 11) is 0. The average molecular weight is 203 g/mol. The van der Waals surface area contributed by atoms with Crippen molar-refractivity contribution in [3.05, 3.63) is 35.9 Å². The lowest BCUT2D eigenvalue weighted by molar-refractivity contribution is -0.153. The average Bonchev–Trinajstić information content (AvgIpc) is 2.30. The molecule has 2 rings (SSSR count). The van der Waals surface area contributed by atoms with Crippen LogP contribution < -0.4 is 0 Å². The highest BCUT2D eigenvalue weighted by molar-refractivity contribution is 5.85. The Morgan fingerprint density at radius 2 is 1.87 bits per heavy atom. The Balaban J connectivity index is 1.87. The van der Waals surface area contributed by atoms with E-state index in [4.69, 9.17) is 0 Å². The van der Waals surface area contributed by atoms with E-state index >= 15 is 0 Å².